The molecule has 102 valence electrons. The van der Waals surface area contributed by atoms with Gasteiger partial charge in [0, 0.05) is 12.0 Å². The van der Waals surface area contributed by atoms with Crippen LogP contribution in [0.2, 0.25) is 0 Å². The molecule has 0 aromatic carbocycles. The van der Waals surface area contributed by atoms with Gasteiger partial charge in [0.05, 0.1) is 6.61 Å². The topological polar surface area (TPSA) is 32.3 Å². The van der Waals surface area contributed by atoms with Crippen LogP contribution in [0.5, 0.6) is 0 Å². The first kappa shape index (κ1) is 14.8. The standard InChI is InChI=1S/C12H22F3NO/c1-10-4-2-5-11(8-10,9-17)16-7-3-6-12(13,14)15/h10,16-17H,2-9H2,1H3. The molecule has 0 radical (unpaired) electrons. The van der Waals surface area contributed by atoms with Crippen LogP contribution in [0.4, 0.5) is 13.2 Å². The Kier molecular flexibility index (Phi) is 5.25. The summed E-state index contributed by atoms with van der Waals surface area (Å²) in [5.41, 5.74) is -0.344. The van der Waals surface area contributed by atoms with Gasteiger partial charge in [0.2, 0.25) is 0 Å². The van der Waals surface area contributed by atoms with Gasteiger partial charge in [-0.3, -0.25) is 0 Å². The van der Waals surface area contributed by atoms with Gasteiger partial charge >= 0.3 is 6.18 Å². The minimum Gasteiger partial charge on any atom is -0.394 e. The van der Waals surface area contributed by atoms with Crippen molar-refractivity contribution in [3.63, 3.8) is 0 Å². The van der Waals surface area contributed by atoms with Crippen molar-refractivity contribution < 1.29 is 18.3 Å². The van der Waals surface area contributed by atoms with E-state index in [4.69, 9.17) is 0 Å². The van der Waals surface area contributed by atoms with Gasteiger partial charge in [-0.2, -0.15) is 13.2 Å². The molecule has 2 atom stereocenters. The molecule has 0 aromatic rings. The molecule has 2 unspecified atom stereocenters. The lowest BCUT2D eigenvalue weighted by molar-refractivity contribution is -0.135. The Balaban J connectivity index is 2.31. The zero-order valence-corrected chi connectivity index (χ0v) is 10.3. The maximum absolute atomic E-state index is 12.0. The second-order valence-electron chi connectivity index (χ2n) is 5.29. The summed E-state index contributed by atoms with van der Waals surface area (Å²) < 4.78 is 36.0. The Morgan fingerprint density at radius 3 is 2.65 bits per heavy atom. The average Bonchev–Trinajstić information content (AvgIpc) is 2.23. The number of alkyl halides is 3. The van der Waals surface area contributed by atoms with Crippen LogP contribution in [0.15, 0.2) is 0 Å². The van der Waals surface area contributed by atoms with Gasteiger partial charge in [-0.15, -0.1) is 0 Å². The van der Waals surface area contributed by atoms with Crippen LogP contribution < -0.4 is 5.32 Å². The van der Waals surface area contributed by atoms with E-state index >= 15 is 0 Å². The monoisotopic (exact) mass is 253 g/mol. The van der Waals surface area contributed by atoms with Crippen LogP contribution in [0.25, 0.3) is 0 Å². The predicted molar refractivity (Wildman–Crippen MR) is 60.7 cm³/mol. The molecule has 0 aromatic heterocycles. The molecule has 1 fully saturated rings. The highest BCUT2D eigenvalue weighted by Gasteiger charge is 2.34. The summed E-state index contributed by atoms with van der Waals surface area (Å²) in [6.07, 6.45) is -0.847. The van der Waals surface area contributed by atoms with Crippen LogP contribution >= 0.6 is 0 Å². The summed E-state index contributed by atoms with van der Waals surface area (Å²) in [5, 5.41) is 12.6. The molecule has 0 saturated heterocycles. The smallest absolute Gasteiger partial charge is 0.389 e. The van der Waals surface area contributed by atoms with Crippen LogP contribution in [0.3, 0.4) is 0 Å². The third-order valence-electron chi connectivity index (χ3n) is 3.53. The van der Waals surface area contributed by atoms with Crippen LogP contribution in [-0.4, -0.2) is 30.0 Å². The first-order chi connectivity index (χ1) is 7.87. The lowest BCUT2D eigenvalue weighted by atomic mass is 9.77. The summed E-state index contributed by atoms with van der Waals surface area (Å²) in [6, 6.07) is 0. The molecule has 1 aliphatic rings. The van der Waals surface area contributed by atoms with E-state index in [0.29, 0.717) is 12.5 Å². The zero-order chi connectivity index (χ0) is 12.9. The lowest BCUT2D eigenvalue weighted by Crippen LogP contribution is -2.51. The average molecular weight is 253 g/mol. The summed E-state index contributed by atoms with van der Waals surface area (Å²) >= 11 is 0. The van der Waals surface area contributed by atoms with Crippen molar-refractivity contribution in [2.45, 2.75) is 57.2 Å². The number of aliphatic hydroxyl groups excluding tert-OH is 1. The summed E-state index contributed by atoms with van der Waals surface area (Å²) in [6.45, 7) is 2.47. The van der Waals surface area contributed by atoms with Crippen molar-refractivity contribution in [3.8, 4) is 0 Å². The fraction of sp³-hybridized carbons (Fsp3) is 1.00. The molecule has 0 amide bonds. The van der Waals surface area contributed by atoms with Crippen molar-refractivity contribution in [1.82, 2.24) is 5.32 Å². The molecule has 1 aliphatic carbocycles. The maximum atomic E-state index is 12.0. The molecule has 0 aliphatic heterocycles. The quantitative estimate of drug-likeness (QED) is 0.738. The van der Waals surface area contributed by atoms with E-state index in [1.807, 2.05) is 0 Å². The molecule has 1 rings (SSSR count). The van der Waals surface area contributed by atoms with E-state index in [1.165, 1.54) is 0 Å². The van der Waals surface area contributed by atoms with Crippen molar-refractivity contribution in [2.75, 3.05) is 13.2 Å². The molecule has 0 spiro atoms. The maximum Gasteiger partial charge on any atom is 0.389 e. The normalized spacial score (nSPS) is 30.5. The van der Waals surface area contributed by atoms with Crippen LogP contribution in [0.1, 0.15) is 45.4 Å². The van der Waals surface area contributed by atoms with Crippen molar-refractivity contribution in [3.05, 3.63) is 0 Å². The molecule has 0 heterocycles. The Morgan fingerprint density at radius 2 is 2.12 bits per heavy atom. The fourth-order valence-electron chi connectivity index (χ4n) is 2.66. The zero-order valence-electron chi connectivity index (χ0n) is 10.3. The summed E-state index contributed by atoms with van der Waals surface area (Å²) in [7, 11) is 0. The SMILES string of the molecule is CC1CCCC(CO)(NCCCC(F)(F)F)C1. The number of aliphatic hydroxyl groups is 1. The molecule has 2 nitrogen and oxygen atoms in total. The molecule has 5 heteroatoms. The highest BCUT2D eigenvalue weighted by Crippen LogP contribution is 2.32. The van der Waals surface area contributed by atoms with E-state index < -0.39 is 12.6 Å². The number of nitrogens with one attached hydrogen (secondary N) is 1. The highest BCUT2D eigenvalue weighted by atomic mass is 19.4. The van der Waals surface area contributed by atoms with Crippen LogP contribution in [0, 0.1) is 5.92 Å². The Hall–Kier alpha value is -0.290. The van der Waals surface area contributed by atoms with Crippen molar-refractivity contribution >= 4 is 0 Å². The second-order valence-corrected chi connectivity index (χ2v) is 5.29. The number of hydrogen-bond acceptors (Lipinski definition) is 2. The number of halogens is 3. The first-order valence-corrected chi connectivity index (χ1v) is 6.29. The second kappa shape index (κ2) is 6.05. The van der Waals surface area contributed by atoms with Gasteiger partial charge in [-0.25, -0.2) is 0 Å². The van der Waals surface area contributed by atoms with Gasteiger partial charge in [0.15, 0.2) is 0 Å². The largest absolute Gasteiger partial charge is 0.394 e. The summed E-state index contributed by atoms with van der Waals surface area (Å²) in [5.74, 6) is 0.533. The van der Waals surface area contributed by atoms with Gasteiger partial charge in [0.25, 0.3) is 0 Å². The fourth-order valence-corrected chi connectivity index (χ4v) is 2.66. The van der Waals surface area contributed by atoms with Crippen molar-refractivity contribution in [1.29, 1.82) is 0 Å². The minimum absolute atomic E-state index is 0.0172. The third kappa shape index (κ3) is 5.25. The third-order valence-corrected chi connectivity index (χ3v) is 3.53. The molecular formula is C12H22F3NO. The molecular weight excluding hydrogens is 231 g/mol. The van der Waals surface area contributed by atoms with E-state index in [0.717, 1.165) is 25.7 Å². The lowest BCUT2D eigenvalue weighted by Gasteiger charge is -2.39. The Morgan fingerprint density at radius 1 is 1.41 bits per heavy atom. The summed E-state index contributed by atoms with van der Waals surface area (Å²) in [4.78, 5) is 0. The van der Waals surface area contributed by atoms with Crippen LogP contribution in [-0.2, 0) is 0 Å². The molecule has 2 N–H and O–H groups in total. The van der Waals surface area contributed by atoms with E-state index in [9.17, 15) is 18.3 Å². The van der Waals surface area contributed by atoms with E-state index in [1.54, 1.807) is 0 Å². The van der Waals surface area contributed by atoms with Gasteiger partial charge in [-0.05, 0) is 31.7 Å². The van der Waals surface area contributed by atoms with E-state index in [2.05, 4.69) is 12.2 Å². The molecule has 1 saturated carbocycles. The van der Waals surface area contributed by atoms with Gasteiger partial charge < -0.3 is 10.4 Å². The number of hydrogen-bond donors (Lipinski definition) is 2. The first-order valence-electron chi connectivity index (χ1n) is 6.29. The minimum atomic E-state index is -4.08. The highest BCUT2D eigenvalue weighted by molar-refractivity contribution is 4.92. The Bertz CT molecular complexity index is 232. The number of rotatable bonds is 5. The van der Waals surface area contributed by atoms with Crippen molar-refractivity contribution in [2.24, 2.45) is 5.92 Å². The van der Waals surface area contributed by atoms with Gasteiger partial charge in [-0.1, -0.05) is 19.8 Å². The molecule has 17 heavy (non-hydrogen) atoms. The molecule has 0 bridgehead atoms. The van der Waals surface area contributed by atoms with Gasteiger partial charge in [0.1, 0.15) is 0 Å². The van der Waals surface area contributed by atoms with E-state index in [-0.39, 0.29) is 18.6 Å². The predicted octanol–water partition coefficient (Wildman–Crippen LogP) is 2.86. The Labute approximate surface area is 101 Å².